The van der Waals surface area contributed by atoms with Gasteiger partial charge in [0, 0.05) is 38.9 Å². The quantitative estimate of drug-likeness (QED) is 0.848. The van der Waals surface area contributed by atoms with Crippen LogP contribution in [0.15, 0.2) is 18.3 Å². The summed E-state index contributed by atoms with van der Waals surface area (Å²) in [5.41, 5.74) is 1.23. The lowest BCUT2D eigenvalue weighted by atomic mass is 9.78. The maximum Gasteiger partial charge on any atom is 0.257 e. The van der Waals surface area contributed by atoms with Gasteiger partial charge in [0.25, 0.3) is 5.91 Å². The van der Waals surface area contributed by atoms with Crippen LogP contribution in [0.2, 0.25) is 0 Å². The van der Waals surface area contributed by atoms with Gasteiger partial charge in [0.15, 0.2) is 0 Å². The van der Waals surface area contributed by atoms with E-state index in [2.05, 4.69) is 15.2 Å². The summed E-state index contributed by atoms with van der Waals surface area (Å²) in [4.78, 5) is 21.8. The zero-order valence-corrected chi connectivity index (χ0v) is 16.2. The van der Waals surface area contributed by atoms with Gasteiger partial charge in [0.2, 0.25) is 0 Å². The molecular formula is C18H28Cl2N4O. The highest BCUT2D eigenvalue weighted by atomic mass is 35.5. The van der Waals surface area contributed by atoms with Crippen molar-refractivity contribution in [3.8, 4) is 0 Å². The van der Waals surface area contributed by atoms with Crippen LogP contribution in [0.3, 0.4) is 0 Å². The zero-order chi connectivity index (χ0) is 15.7. The standard InChI is InChI=1S/C18H26N4O.2ClH/c23-17(22-12-6-18(7-13-22)5-9-19-14-18)15-4-3-8-20-16(15)21-10-1-2-11-21;;/h3-4,8,19H,1-2,5-7,9-14H2;2*1H. The van der Waals surface area contributed by atoms with Crippen LogP contribution >= 0.6 is 24.8 Å². The average Bonchev–Trinajstić information content (AvgIpc) is 3.27. The van der Waals surface area contributed by atoms with Crippen molar-refractivity contribution in [3.63, 3.8) is 0 Å². The molecule has 3 aliphatic heterocycles. The highest BCUT2D eigenvalue weighted by Crippen LogP contribution is 2.37. The molecule has 1 N–H and O–H groups in total. The average molecular weight is 387 g/mol. The number of anilines is 1. The summed E-state index contributed by atoms with van der Waals surface area (Å²) in [6.45, 7) is 6.07. The lowest BCUT2D eigenvalue weighted by Gasteiger charge is -2.39. The van der Waals surface area contributed by atoms with E-state index in [1.165, 1.54) is 19.3 Å². The fourth-order valence-electron chi connectivity index (χ4n) is 4.32. The molecule has 1 spiro atoms. The summed E-state index contributed by atoms with van der Waals surface area (Å²) in [6, 6.07) is 3.84. The summed E-state index contributed by atoms with van der Waals surface area (Å²) in [6.07, 6.45) is 7.73. The Morgan fingerprint density at radius 2 is 1.80 bits per heavy atom. The van der Waals surface area contributed by atoms with Crippen molar-refractivity contribution in [2.75, 3.05) is 44.2 Å². The number of hydrogen-bond donors (Lipinski definition) is 1. The Kier molecular flexibility index (Phi) is 6.94. The molecule has 1 aromatic heterocycles. The predicted octanol–water partition coefficient (Wildman–Crippen LogP) is 2.74. The van der Waals surface area contributed by atoms with Crippen molar-refractivity contribution in [1.82, 2.24) is 15.2 Å². The van der Waals surface area contributed by atoms with E-state index in [1.807, 2.05) is 17.0 Å². The van der Waals surface area contributed by atoms with Crippen molar-refractivity contribution < 1.29 is 4.79 Å². The Morgan fingerprint density at radius 3 is 2.44 bits per heavy atom. The number of pyridine rings is 1. The van der Waals surface area contributed by atoms with Gasteiger partial charge in [-0.3, -0.25) is 4.79 Å². The van der Waals surface area contributed by atoms with Gasteiger partial charge in [0.05, 0.1) is 5.56 Å². The van der Waals surface area contributed by atoms with Crippen LogP contribution < -0.4 is 10.2 Å². The molecule has 3 aliphatic rings. The van der Waals surface area contributed by atoms with E-state index in [0.717, 1.165) is 63.5 Å². The molecule has 0 bridgehead atoms. The van der Waals surface area contributed by atoms with Crippen LogP contribution in [0.4, 0.5) is 5.82 Å². The van der Waals surface area contributed by atoms with E-state index in [4.69, 9.17) is 0 Å². The number of rotatable bonds is 2. The van der Waals surface area contributed by atoms with Gasteiger partial charge < -0.3 is 15.1 Å². The van der Waals surface area contributed by atoms with Crippen molar-refractivity contribution >= 4 is 36.5 Å². The monoisotopic (exact) mass is 386 g/mol. The summed E-state index contributed by atoms with van der Waals surface area (Å²) >= 11 is 0. The van der Waals surface area contributed by atoms with Crippen LogP contribution in [0.5, 0.6) is 0 Å². The number of piperidine rings is 1. The summed E-state index contributed by atoms with van der Waals surface area (Å²) in [5, 5.41) is 3.48. The number of likely N-dealkylation sites (tertiary alicyclic amines) is 1. The molecule has 1 aromatic rings. The molecule has 7 heteroatoms. The third-order valence-electron chi connectivity index (χ3n) is 5.87. The molecule has 25 heavy (non-hydrogen) atoms. The minimum Gasteiger partial charge on any atom is -0.356 e. The SMILES string of the molecule is Cl.Cl.O=C(c1cccnc1N1CCCC1)N1CCC2(CCNC2)CC1. The first-order chi connectivity index (χ1) is 11.3. The van der Waals surface area contributed by atoms with Gasteiger partial charge in [-0.1, -0.05) is 0 Å². The maximum absolute atomic E-state index is 13.0. The number of carbonyl (C=O) groups excluding carboxylic acids is 1. The second-order valence-electron chi connectivity index (χ2n) is 7.29. The van der Waals surface area contributed by atoms with Gasteiger partial charge >= 0.3 is 0 Å². The smallest absolute Gasteiger partial charge is 0.257 e. The first-order valence-electron chi connectivity index (χ1n) is 8.97. The molecule has 3 fully saturated rings. The highest BCUT2D eigenvalue weighted by Gasteiger charge is 2.38. The molecule has 3 saturated heterocycles. The lowest BCUT2D eigenvalue weighted by Crippen LogP contribution is -2.44. The van der Waals surface area contributed by atoms with E-state index in [-0.39, 0.29) is 30.7 Å². The fraction of sp³-hybridized carbons (Fsp3) is 0.667. The molecule has 1 amide bonds. The maximum atomic E-state index is 13.0. The Morgan fingerprint density at radius 1 is 1.08 bits per heavy atom. The minimum absolute atomic E-state index is 0. The van der Waals surface area contributed by atoms with Crippen molar-refractivity contribution in [1.29, 1.82) is 0 Å². The molecule has 4 rings (SSSR count). The molecule has 0 saturated carbocycles. The van der Waals surface area contributed by atoms with E-state index >= 15 is 0 Å². The largest absolute Gasteiger partial charge is 0.356 e. The van der Waals surface area contributed by atoms with Gasteiger partial charge in [-0.2, -0.15) is 0 Å². The number of hydrogen-bond acceptors (Lipinski definition) is 4. The third-order valence-corrected chi connectivity index (χ3v) is 5.87. The van der Waals surface area contributed by atoms with Gasteiger partial charge in [0.1, 0.15) is 5.82 Å². The van der Waals surface area contributed by atoms with Gasteiger partial charge in [-0.25, -0.2) is 4.98 Å². The topological polar surface area (TPSA) is 48.5 Å². The zero-order valence-electron chi connectivity index (χ0n) is 14.6. The van der Waals surface area contributed by atoms with E-state index in [1.54, 1.807) is 6.20 Å². The molecule has 4 heterocycles. The third kappa shape index (κ3) is 4.04. The number of nitrogens with one attached hydrogen (secondary N) is 1. The summed E-state index contributed by atoms with van der Waals surface area (Å²) in [5.74, 6) is 1.05. The molecule has 0 atom stereocenters. The van der Waals surface area contributed by atoms with Crippen LogP contribution in [-0.4, -0.2) is 55.1 Å². The highest BCUT2D eigenvalue weighted by molar-refractivity contribution is 5.99. The fourth-order valence-corrected chi connectivity index (χ4v) is 4.32. The first-order valence-corrected chi connectivity index (χ1v) is 8.97. The molecule has 5 nitrogen and oxygen atoms in total. The van der Waals surface area contributed by atoms with E-state index < -0.39 is 0 Å². The number of carbonyl (C=O) groups is 1. The molecule has 0 unspecified atom stereocenters. The van der Waals surface area contributed by atoms with E-state index in [0.29, 0.717) is 5.41 Å². The van der Waals surface area contributed by atoms with Gasteiger partial charge in [-0.05, 0) is 56.2 Å². The Balaban J connectivity index is 0.00000113. The lowest BCUT2D eigenvalue weighted by molar-refractivity contribution is 0.0608. The Bertz CT molecular complexity index is 576. The van der Waals surface area contributed by atoms with Crippen LogP contribution in [0, 0.1) is 5.41 Å². The second-order valence-corrected chi connectivity index (χ2v) is 7.29. The second kappa shape index (κ2) is 8.56. The number of aromatic nitrogens is 1. The Labute approximate surface area is 162 Å². The summed E-state index contributed by atoms with van der Waals surface area (Å²) in [7, 11) is 0. The number of amides is 1. The number of nitrogens with zero attached hydrogens (tertiary/aromatic N) is 3. The predicted molar refractivity (Wildman–Crippen MR) is 105 cm³/mol. The minimum atomic E-state index is 0. The van der Waals surface area contributed by atoms with Crippen molar-refractivity contribution in [2.24, 2.45) is 5.41 Å². The van der Waals surface area contributed by atoms with Crippen LogP contribution in [-0.2, 0) is 0 Å². The van der Waals surface area contributed by atoms with Crippen LogP contribution in [0.1, 0.15) is 42.5 Å². The van der Waals surface area contributed by atoms with Crippen LogP contribution in [0.25, 0.3) is 0 Å². The van der Waals surface area contributed by atoms with Gasteiger partial charge in [-0.15, -0.1) is 24.8 Å². The van der Waals surface area contributed by atoms with E-state index in [9.17, 15) is 4.79 Å². The first kappa shape index (κ1) is 20.3. The normalized spacial score (nSPS) is 21.8. The Hall–Kier alpha value is -1.04. The molecule has 0 aliphatic carbocycles. The summed E-state index contributed by atoms with van der Waals surface area (Å²) < 4.78 is 0. The van der Waals surface area contributed by atoms with Crippen molar-refractivity contribution in [3.05, 3.63) is 23.9 Å². The number of halogens is 2. The molecule has 0 aromatic carbocycles. The molecule has 0 radical (unpaired) electrons. The van der Waals surface area contributed by atoms with Crippen molar-refractivity contribution in [2.45, 2.75) is 32.1 Å². The molecular weight excluding hydrogens is 359 g/mol. The molecule has 140 valence electrons.